The molecule has 5 nitrogen and oxygen atoms in total. The van der Waals surface area contributed by atoms with Gasteiger partial charge in [-0.25, -0.2) is 9.78 Å². The van der Waals surface area contributed by atoms with E-state index in [1.165, 1.54) is 0 Å². The van der Waals surface area contributed by atoms with E-state index in [1.54, 1.807) is 6.92 Å². The van der Waals surface area contributed by atoms with Crippen LogP contribution in [0.3, 0.4) is 0 Å². The number of nitrogens with one attached hydrogen (secondary N) is 1. The molecular weight excluding hydrogens is 277 g/mol. The third kappa shape index (κ3) is 4.37. The van der Waals surface area contributed by atoms with Crippen molar-refractivity contribution in [3.8, 4) is 0 Å². The third-order valence-electron chi connectivity index (χ3n) is 2.66. The standard InChI is InChI=1S/C12H15F3N2O3/c1-7(4-5-18)6-16-10-8(11(19)20)2-3-9(17-10)12(13,14)15/h2-3,7,18H,4-6H2,1H3,(H,16,17)(H,19,20). The van der Waals surface area contributed by atoms with Gasteiger partial charge in [0.15, 0.2) is 0 Å². The summed E-state index contributed by atoms with van der Waals surface area (Å²) in [5.41, 5.74) is -1.48. The van der Waals surface area contributed by atoms with Gasteiger partial charge in [-0.15, -0.1) is 0 Å². The predicted octanol–water partition coefficient (Wildman–Crippen LogP) is 2.23. The number of halogens is 3. The average Bonchev–Trinajstić information content (AvgIpc) is 2.35. The summed E-state index contributed by atoms with van der Waals surface area (Å²) in [7, 11) is 0. The number of pyridine rings is 1. The molecule has 1 heterocycles. The van der Waals surface area contributed by atoms with Gasteiger partial charge in [0.1, 0.15) is 17.1 Å². The zero-order valence-electron chi connectivity index (χ0n) is 10.7. The normalized spacial score (nSPS) is 13.1. The molecule has 0 aliphatic carbocycles. The minimum atomic E-state index is -4.63. The molecule has 20 heavy (non-hydrogen) atoms. The van der Waals surface area contributed by atoms with Crippen LogP contribution >= 0.6 is 0 Å². The van der Waals surface area contributed by atoms with Gasteiger partial charge in [-0.1, -0.05) is 6.92 Å². The summed E-state index contributed by atoms with van der Waals surface area (Å²) in [4.78, 5) is 14.3. The van der Waals surface area contributed by atoms with Crippen LogP contribution in [0.25, 0.3) is 0 Å². The van der Waals surface area contributed by atoms with Crippen LogP contribution in [0.4, 0.5) is 19.0 Å². The quantitative estimate of drug-likeness (QED) is 0.749. The second-order valence-electron chi connectivity index (χ2n) is 4.39. The predicted molar refractivity (Wildman–Crippen MR) is 65.6 cm³/mol. The van der Waals surface area contributed by atoms with Crippen molar-refractivity contribution in [2.24, 2.45) is 5.92 Å². The first-order valence-corrected chi connectivity index (χ1v) is 5.92. The Balaban J connectivity index is 2.98. The molecule has 1 atom stereocenters. The molecule has 8 heteroatoms. The molecular formula is C12H15F3N2O3. The Bertz CT molecular complexity index is 478. The number of carboxylic acids is 1. The smallest absolute Gasteiger partial charge is 0.433 e. The van der Waals surface area contributed by atoms with Crippen molar-refractivity contribution in [1.29, 1.82) is 0 Å². The van der Waals surface area contributed by atoms with Gasteiger partial charge in [0.2, 0.25) is 0 Å². The van der Waals surface area contributed by atoms with Gasteiger partial charge in [-0.2, -0.15) is 13.2 Å². The van der Waals surface area contributed by atoms with E-state index in [2.05, 4.69) is 10.3 Å². The number of nitrogens with zero attached hydrogens (tertiary/aromatic N) is 1. The summed E-state index contributed by atoms with van der Waals surface area (Å²) in [5, 5.41) is 20.3. The number of hydrogen-bond donors (Lipinski definition) is 3. The number of aromatic carboxylic acids is 1. The van der Waals surface area contributed by atoms with Gasteiger partial charge in [-0.05, 0) is 24.5 Å². The lowest BCUT2D eigenvalue weighted by atomic mass is 10.1. The minimum Gasteiger partial charge on any atom is -0.478 e. The highest BCUT2D eigenvalue weighted by Crippen LogP contribution is 2.29. The topological polar surface area (TPSA) is 82.5 Å². The maximum Gasteiger partial charge on any atom is 0.433 e. The molecule has 0 amide bonds. The van der Waals surface area contributed by atoms with Gasteiger partial charge in [0.05, 0.1) is 0 Å². The van der Waals surface area contributed by atoms with Gasteiger partial charge in [0.25, 0.3) is 0 Å². The molecule has 1 unspecified atom stereocenters. The number of carbonyl (C=O) groups is 1. The molecule has 0 spiro atoms. The molecule has 3 N–H and O–H groups in total. The number of carboxylic acid groups (broad SMARTS) is 1. The number of aliphatic hydroxyl groups is 1. The van der Waals surface area contributed by atoms with Crippen molar-refractivity contribution in [2.45, 2.75) is 19.5 Å². The van der Waals surface area contributed by atoms with Crippen molar-refractivity contribution in [2.75, 3.05) is 18.5 Å². The van der Waals surface area contributed by atoms with Crippen molar-refractivity contribution >= 4 is 11.8 Å². The van der Waals surface area contributed by atoms with E-state index in [-0.39, 0.29) is 30.5 Å². The molecule has 0 saturated heterocycles. The highest BCUT2D eigenvalue weighted by Gasteiger charge is 2.33. The average molecular weight is 292 g/mol. The second-order valence-corrected chi connectivity index (χ2v) is 4.39. The van der Waals surface area contributed by atoms with Crippen LogP contribution in [0.15, 0.2) is 12.1 Å². The Labute approximate surface area is 113 Å². The fourth-order valence-electron chi connectivity index (χ4n) is 1.52. The van der Waals surface area contributed by atoms with Crippen LogP contribution in [-0.4, -0.2) is 34.3 Å². The lowest BCUT2D eigenvalue weighted by molar-refractivity contribution is -0.141. The number of anilines is 1. The van der Waals surface area contributed by atoms with Crippen molar-refractivity contribution in [3.63, 3.8) is 0 Å². The molecule has 0 aliphatic heterocycles. The molecule has 1 aromatic rings. The zero-order chi connectivity index (χ0) is 15.3. The maximum absolute atomic E-state index is 12.5. The van der Waals surface area contributed by atoms with E-state index in [1.807, 2.05) is 0 Å². The highest BCUT2D eigenvalue weighted by atomic mass is 19.4. The summed E-state index contributed by atoms with van der Waals surface area (Å²) in [6, 6.07) is 1.50. The Morgan fingerprint density at radius 1 is 1.45 bits per heavy atom. The van der Waals surface area contributed by atoms with Gasteiger partial charge < -0.3 is 15.5 Å². The Morgan fingerprint density at radius 2 is 2.10 bits per heavy atom. The number of aromatic nitrogens is 1. The van der Waals surface area contributed by atoms with Gasteiger partial charge in [-0.3, -0.25) is 0 Å². The van der Waals surface area contributed by atoms with E-state index in [0.717, 1.165) is 6.07 Å². The number of aliphatic hydroxyl groups excluding tert-OH is 1. The highest BCUT2D eigenvalue weighted by molar-refractivity contribution is 5.93. The Kier molecular flexibility index (Phi) is 5.32. The number of hydrogen-bond acceptors (Lipinski definition) is 4. The zero-order valence-corrected chi connectivity index (χ0v) is 10.7. The number of alkyl halides is 3. The van der Waals surface area contributed by atoms with E-state index in [9.17, 15) is 18.0 Å². The summed E-state index contributed by atoms with van der Waals surface area (Å²) >= 11 is 0. The fourth-order valence-corrected chi connectivity index (χ4v) is 1.52. The molecule has 1 rings (SSSR count). The van der Waals surface area contributed by atoms with E-state index in [4.69, 9.17) is 10.2 Å². The summed E-state index contributed by atoms with van der Waals surface area (Å²) in [6.45, 7) is 1.94. The van der Waals surface area contributed by atoms with Crippen LogP contribution in [0, 0.1) is 5.92 Å². The molecule has 0 bridgehead atoms. The van der Waals surface area contributed by atoms with Gasteiger partial charge >= 0.3 is 12.1 Å². The maximum atomic E-state index is 12.5. The molecule has 0 aliphatic rings. The molecule has 0 saturated carbocycles. The largest absolute Gasteiger partial charge is 0.478 e. The van der Waals surface area contributed by atoms with Crippen molar-refractivity contribution in [1.82, 2.24) is 4.98 Å². The molecule has 0 radical (unpaired) electrons. The van der Waals surface area contributed by atoms with Crippen molar-refractivity contribution in [3.05, 3.63) is 23.4 Å². The molecule has 112 valence electrons. The summed E-state index contributed by atoms with van der Waals surface area (Å²) < 4.78 is 37.6. The van der Waals surface area contributed by atoms with Crippen LogP contribution in [0.1, 0.15) is 29.4 Å². The molecule has 0 aromatic carbocycles. The summed E-state index contributed by atoms with van der Waals surface area (Å²) in [6.07, 6.45) is -4.18. The van der Waals surface area contributed by atoms with Crippen LogP contribution in [0.2, 0.25) is 0 Å². The van der Waals surface area contributed by atoms with E-state index < -0.39 is 17.8 Å². The Hall–Kier alpha value is -1.83. The van der Waals surface area contributed by atoms with Crippen LogP contribution < -0.4 is 5.32 Å². The summed E-state index contributed by atoms with van der Waals surface area (Å²) in [5.74, 6) is -1.71. The van der Waals surface area contributed by atoms with Crippen molar-refractivity contribution < 1.29 is 28.2 Å². The van der Waals surface area contributed by atoms with Crippen LogP contribution in [-0.2, 0) is 6.18 Å². The lowest BCUT2D eigenvalue weighted by Crippen LogP contribution is -2.18. The second kappa shape index (κ2) is 6.56. The fraction of sp³-hybridized carbons (Fsp3) is 0.500. The first kappa shape index (κ1) is 16.2. The SMILES string of the molecule is CC(CCO)CNc1nc(C(F)(F)F)ccc1C(=O)O. The van der Waals surface area contributed by atoms with Gasteiger partial charge in [0, 0.05) is 13.2 Å². The Morgan fingerprint density at radius 3 is 2.60 bits per heavy atom. The molecule has 0 fully saturated rings. The first-order valence-electron chi connectivity index (χ1n) is 5.92. The first-order chi connectivity index (χ1) is 9.25. The third-order valence-corrected chi connectivity index (χ3v) is 2.66. The van der Waals surface area contributed by atoms with Crippen LogP contribution in [0.5, 0.6) is 0 Å². The molecule has 1 aromatic heterocycles. The van der Waals surface area contributed by atoms with E-state index in [0.29, 0.717) is 12.5 Å². The number of rotatable bonds is 6. The minimum absolute atomic E-state index is 0.0296. The van der Waals surface area contributed by atoms with E-state index >= 15 is 0 Å². The lowest BCUT2D eigenvalue weighted by Gasteiger charge is -2.15. The monoisotopic (exact) mass is 292 g/mol.